The smallest absolute Gasteiger partial charge is 0.282 e. The van der Waals surface area contributed by atoms with Crippen LogP contribution < -0.4 is 4.90 Å². The summed E-state index contributed by atoms with van der Waals surface area (Å²) in [7, 11) is 0. The molecule has 120 valence electrons. The number of morpholine rings is 1. The molecule has 1 fully saturated rings. The van der Waals surface area contributed by atoms with Gasteiger partial charge in [0.05, 0.1) is 23.4 Å². The number of thiophene rings is 1. The largest absolute Gasteiger partial charge is 0.378 e. The van der Waals surface area contributed by atoms with Crippen LogP contribution in [0.25, 0.3) is 20.4 Å². The molecule has 0 unspecified atom stereocenters. The summed E-state index contributed by atoms with van der Waals surface area (Å²) in [6.07, 6.45) is -1.18. The van der Waals surface area contributed by atoms with E-state index in [-0.39, 0.29) is 5.69 Å². The molecular weight excluding hydrogens is 324 g/mol. The maximum Gasteiger partial charge on any atom is 0.282 e. The van der Waals surface area contributed by atoms with Crippen molar-refractivity contribution in [3.63, 3.8) is 0 Å². The summed E-state index contributed by atoms with van der Waals surface area (Å²) in [6, 6.07) is 0. The van der Waals surface area contributed by atoms with Gasteiger partial charge >= 0.3 is 0 Å². The lowest BCUT2D eigenvalue weighted by Crippen LogP contribution is -2.36. The minimum absolute atomic E-state index is 0.288. The van der Waals surface area contributed by atoms with Gasteiger partial charge < -0.3 is 9.64 Å². The number of nitrogens with zero attached hydrogens (tertiary/aromatic N) is 5. The molecule has 4 rings (SSSR count). The number of aromatic nitrogens is 4. The van der Waals surface area contributed by atoms with E-state index in [0.717, 1.165) is 23.6 Å². The summed E-state index contributed by atoms with van der Waals surface area (Å²) < 4.78 is 32.4. The van der Waals surface area contributed by atoms with Gasteiger partial charge in [0, 0.05) is 18.5 Å². The molecule has 0 saturated carbocycles. The van der Waals surface area contributed by atoms with Gasteiger partial charge in [-0.3, -0.25) is 0 Å². The van der Waals surface area contributed by atoms with Crippen molar-refractivity contribution >= 4 is 37.6 Å². The van der Waals surface area contributed by atoms with Gasteiger partial charge in [0.15, 0.2) is 0 Å². The lowest BCUT2D eigenvalue weighted by Gasteiger charge is -2.27. The number of hydrogen-bond donors (Lipinski definition) is 0. The van der Waals surface area contributed by atoms with E-state index in [1.807, 2.05) is 0 Å². The lowest BCUT2D eigenvalue weighted by atomic mass is 10.1. The fourth-order valence-electron chi connectivity index (χ4n) is 2.80. The molecule has 9 heteroatoms. The number of aryl methyl sites for hydroxylation is 1. The van der Waals surface area contributed by atoms with E-state index < -0.39 is 6.43 Å². The number of alkyl halides is 2. The zero-order valence-electron chi connectivity index (χ0n) is 12.3. The SMILES string of the molecule is Cc1c(C(F)F)nnc2sc3c(N4CCOCC4)ncnc3c12. The van der Waals surface area contributed by atoms with Gasteiger partial charge in [-0.15, -0.1) is 21.5 Å². The van der Waals surface area contributed by atoms with Gasteiger partial charge in [-0.1, -0.05) is 0 Å². The van der Waals surface area contributed by atoms with Crippen LogP contribution in [0.15, 0.2) is 6.33 Å². The van der Waals surface area contributed by atoms with Crippen molar-refractivity contribution in [1.29, 1.82) is 0 Å². The zero-order valence-corrected chi connectivity index (χ0v) is 13.1. The Labute approximate surface area is 134 Å². The van der Waals surface area contributed by atoms with Crippen molar-refractivity contribution in [1.82, 2.24) is 20.2 Å². The van der Waals surface area contributed by atoms with Crippen molar-refractivity contribution in [3.8, 4) is 0 Å². The molecule has 0 N–H and O–H groups in total. The molecule has 0 aromatic carbocycles. The maximum absolute atomic E-state index is 13.1. The van der Waals surface area contributed by atoms with E-state index in [1.165, 1.54) is 17.7 Å². The van der Waals surface area contributed by atoms with Gasteiger partial charge in [-0.2, -0.15) is 0 Å². The maximum atomic E-state index is 13.1. The molecule has 6 nitrogen and oxygen atoms in total. The monoisotopic (exact) mass is 337 g/mol. The third-order valence-electron chi connectivity index (χ3n) is 3.96. The Morgan fingerprint density at radius 1 is 1.22 bits per heavy atom. The van der Waals surface area contributed by atoms with Crippen molar-refractivity contribution < 1.29 is 13.5 Å². The van der Waals surface area contributed by atoms with Gasteiger partial charge in [0.2, 0.25) is 0 Å². The molecule has 0 radical (unpaired) electrons. The van der Waals surface area contributed by atoms with Crippen LogP contribution in [0.3, 0.4) is 0 Å². The Morgan fingerprint density at radius 2 is 2.00 bits per heavy atom. The van der Waals surface area contributed by atoms with Crippen LogP contribution >= 0.6 is 11.3 Å². The predicted molar refractivity (Wildman–Crippen MR) is 83.2 cm³/mol. The molecule has 3 aromatic rings. The molecule has 3 aromatic heterocycles. The second kappa shape index (κ2) is 5.57. The number of anilines is 1. The number of rotatable bonds is 2. The van der Waals surface area contributed by atoms with Crippen LogP contribution in [-0.2, 0) is 4.74 Å². The van der Waals surface area contributed by atoms with Crippen LogP contribution in [0.5, 0.6) is 0 Å². The third-order valence-corrected chi connectivity index (χ3v) is 5.02. The number of fused-ring (bicyclic) bond motifs is 3. The highest BCUT2D eigenvalue weighted by molar-refractivity contribution is 7.26. The average molecular weight is 337 g/mol. The number of ether oxygens (including phenoxy) is 1. The molecule has 4 heterocycles. The van der Waals surface area contributed by atoms with Crippen LogP contribution in [-0.4, -0.2) is 46.5 Å². The Hall–Kier alpha value is -2.00. The molecule has 0 aliphatic carbocycles. The Bertz CT molecular complexity index is 878. The summed E-state index contributed by atoms with van der Waals surface area (Å²) in [5.74, 6) is 0.805. The molecule has 23 heavy (non-hydrogen) atoms. The standard InChI is InChI=1S/C14H13F2N5OS/c1-7-8-10-11(23-14(8)20-19-9(7)12(15)16)13(18-6-17-10)21-2-4-22-5-3-21/h6,12H,2-5H2,1H3. The topological polar surface area (TPSA) is 64.0 Å². The quantitative estimate of drug-likeness (QED) is 0.716. The highest BCUT2D eigenvalue weighted by Crippen LogP contribution is 2.39. The summed E-state index contributed by atoms with van der Waals surface area (Å²) >= 11 is 1.39. The summed E-state index contributed by atoms with van der Waals surface area (Å²) in [5, 5.41) is 8.28. The predicted octanol–water partition coefficient (Wildman–Crippen LogP) is 2.72. The Kier molecular flexibility index (Phi) is 3.53. The van der Waals surface area contributed by atoms with Gasteiger partial charge in [-0.25, -0.2) is 18.7 Å². The molecule has 0 spiro atoms. The lowest BCUT2D eigenvalue weighted by molar-refractivity contribution is 0.122. The van der Waals surface area contributed by atoms with E-state index >= 15 is 0 Å². The number of halogens is 2. The van der Waals surface area contributed by atoms with Crippen LogP contribution in [0.2, 0.25) is 0 Å². The second-order valence-electron chi connectivity index (χ2n) is 5.27. The highest BCUT2D eigenvalue weighted by Gasteiger charge is 2.23. The van der Waals surface area contributed by atoms with E-state index in [4.69, 9.17) is 4.74 Å². The van der Waals surface area contributed by atoms with Crippen molar-refractivity contribution in [2.75, 3.05) is 31.2 Å². The van der Waals surface area contributed by atoms with E-state index in [9.17, 15) is 8.78 Å². The highest BCUT2D eigenvalue weighted by atomic mass is 32.1. The third kappa shape index (κ3) is 2.31. The molecule has 0 amide bonds. The van der Waals surface area contributed by atoms with Crippen molar-refractivity contribution in [2.45, 2.75) is 13.3 Å². The Balaban J connectivity index is 1.96. The Morgan fingerprint density at radius 3 is 2.74 bits per heavy atom. The molecule has 0 atom stereocenters. The molecule has 1 aliphatic heterocycles. The molecule has 0 bridgehead atoms. The zero-order chi connectivity index (χ0) is 16.0. The number of hydrogen-bond acceptors (Lipinski definition) is 7. The molecular formula is C14H13F2N5OS. The minimum atomic E-state index is -2.65. The van der Waals surface area contributed by atoms with Crippen molar-refractivity contribution in [3.05, 3.63) is 17.6 Å². The van der Waals surface area contributed by atoms with E-state index in [1.54, 1.807) is 6.92 Å². The van der Waals surface area contributed by atoms with Crippen LogP contribution in [0, 0.1) is 6.92 Å². The normalized spacial score (nSPS) is 15.9. The van der Waals surface area contributed by atoms with E-state index in [2.05, 4.69) is 25.1 Å². The summed E-state index contributed by atoms with van der Waals surface area (Å²) in [5.41, 5.74) is 0.808. The summed E-state index contributed by atoms with van der Waals surface area (Å²) in [4.78, 5) is 11.4. The van der Waals surface area contributed by atoms with Gasteiger partial charge in [0.25, 0.3) is 6.43 Å². The average Bonchev–Trinajstić information content (AvgIpc) is 2.95. The fraction of sp³-hybridized carbons (Fsp3) is 0.429. The fourth-order valence-corrected chi connectivity index (χ4v) is 3.96. The first-order valence-corrected chi connectivity index (χ1v) is 7.99. The van der Waals surface area contributed by atoms with Crippen LogP contribution in [0.1, 0.15) is 17.7 Å². The first-order chi connectivity index (χ1) is 11.2. The summed E-state index contributed by atoms with van der Waals surface area (Å²) in [6.45, 7) is 4.41. The van der Waals surface area contributed by atoms with Gasteiger partial charge in [0.1, 0.15) is 22.7 Å². The second-order valence-corrected chi connectivity index (χ2v) is 6.27. The van der Waals surface area contributed by atoms with Gasteiger partial charge in [-0.05, 0) is 12.5 Å². The molecule has 1 aliphatic rings. The molecule has 1 saturated heterocycles. The van der Waals surface area contributed by atoms with Crippen LogP contribution in [0.4, 0.5) is 14.6 Å². The van der Waals surface area contributed by atoms with Crippen molar-refractivity contribution in [2.24, 2.45) is 0 Å². The minimum Gasteiger partial charge on any atom is -0.378 e. The van der Waals surface area contributed by atoms with E-state index in [0.29, 0.717) is 34.5 Å². The first-order valence-electron chi connectivity index (χ1n) is 7.18. The first kappa shape index (κ1) is 14.6.